The molecule has 1 unspecified atom stereocenters. The molecule has 5 heteroatoms. The predicted octanol–water partition coefficient (Wildman–Crippen LogP) is 3.73. The van der Waals surface area contributed by atoms with Gasteiger partial charge in [0.25, 0.3) is 0 Å². The molecule has 90 valence electrons. The Labute approximate surface area is 112 Å². The summed E-state index contributed by atoms with van der Waals surface area (Å²) >= 11 is 4.54. The first-order valence-corrected chi connectivity index (χ1v) is 7.12. The number of rotatable bonds is 3. The standard InChI is InChI=1S/C12H11BrFNOS/c13-11-8(6-15)3-4-10(12(11)14)17-7-9-2-1-5-16-9/h3-4,9H,1-2,5,7H2. The lowest BCUT2D eigenvalue weighted by Gasteiger charge is -2.10. The van der Waals surface area contributed by atoms with E-state index in [1.165, 1.54) is 11.8 Å². The smallest absolute Gasteiger partial charge is 0.152 e. The maximum atomic E-state index is 13.9. The van der Waals surface area contributed by atoms with Crippen LogP contribution in [0.1, 0.15) is 18.4 Å². The summed E-state index contributed by atoms with van der Waals surface area (Å²) in [6.07, 6.45) is 2.37. The van der Waals surface area contributed by atoms with Crippen molar-refractivity contribution < 1.29 is 9.13 Å². The Kier molecular flexibility index (Phi) is 4.43. The van der Waals surface area contributed by atoms with E-state index >= 15 is 0 Å². The third-order valence-corrected chi connectivity index (χ3v) is 4.56. The highest BCUT2D eigenvalue weighted by molar-refractivity contribution is 9.10. The lowest BCUT2D eigenvalue weighted by Crippen LogP contribution is -2.08. The molecule has 1 heterocycles. The first kappa shape index (κ1) is 12.9. The molecule has 17 heavy (non-hydrogen) atoms. The number of hydrogen-bond acceptors (Lipinski definition) is 3. The Bertz CT molecular complexity index is 455. The summed E-state index contributed by atoms with van der Waals surface area (Å²) in [4.78, 5) is 0.561. The van der Waals surface area contributed by atoms with E-state index in [1.54, 1.807) is 12.1 Å². The van der Waals surface area contributed by atoms with E-state index in [0.717, 1.165) is 25.2 Å². The van der Waals surface area contributed by atoms with Gasteiger partial charge in [-0.15, -0.1) is 11.8 Å². The molecule has 0 N–H and O–H groups in total. The molecule has 0 saturated carbocycles. The van der Waals surface area contributed by atoms with E-state index in [4.69, 9.17) is 10.00 Å². The summed E-state index contributed by atoms with van der Waals surface area (Å²) in [5.41, 5.74) is 0.323. The molecule has 1 saturated heterocycles. The molecule has 1 fully saturated rings. The van der Waals surface area contributed by atoms with Gasteiger partial charge in [0, 0.05) is 17.3 Å². The predicted molar refractivity (Wildman–Crippen MR) is 68.5 cm³/mol. The van der Waals surface area contributed by atoms with Crippen molar-refractivity contribution >= 4 is 27.7 Å². The molecule has 0 spiro atoms. The average Bonchev–Trinajstić information content (AvgIpc) is 2.84. The summed E-state index contributed by atoms with van der Waals surface area (Å²) in [7, 11) is 0. The van der Waals surface area contributed by atoms with Crippen LogP contribution in [-0.4, -0.2) is 18.5 Å². The molecule has 0 aromatic heterocycles. The Balaban J connectivity index is 2.06. The number of ether oxygens (including phenoxy) is 1. The van der Waals surface area contributed by atoms with Crippen molar-refractivity contribution in [3.63, 3.8) is 0 Å². The van der Waals surface area contributed by atoms with Gasteiger partial charge in [0.1, 0.15) is 6.07 Å². The van der Waals surface area contributed by atoms with Crippen LogP contribution < -0.4 is 0 Å². The zero-order chi connectivity index (χ0) is 12.3. The second kappa shape index (κ2) is 5.85. The second-order valence-corrected chi connectivity index (χ2v) is 5.65. The SMILES string of the molecule is N#Cc1ccc(SCC2CCCO2)c(F)c1Br. The van der Waals surface area contributed by atoms with Gasteiger partial charge in [0.2, 0.25) is 0 Å². The second-order valence-electron chi connectivity index (χ2n) is 3.80. The summed E-state index contributed by atoms with van der Waals surface area (Å²) in [6, 6.07) is 5.22. The number of nitrogens with zero attached hydrogens (tertiary/aromatic N) is 1. The van der Waals surface area contributed by atoms with Crippen molar-refractivity contribution in [1.29, 1.82) is 5.26 Å². The van der Waals surface area contributed by atoms with E-state index < -0.39 is 0 Å². The van der Waals surface area contributed by atoms with Crippen LogP contribution in [0, 0.1) is 17.1 Å². The summed E-state index contributed by atoms with van der Waals surface area (Å²) in [6.45, 7) is 0.810. The van der Waals surface area contributed by atoms with Crippen LogP contribution in [0.5, 0.6) is 0 Å². The number of thioether (sulfide) groups is 1. The van der Waals surface area contributed by atoms with Crippen LogP contribution in [0.15, 0.2) is 21.5 Å². The molecule has 1 aliphatic rings. The fraction of sp³-hybridized carbons (Fsp3) is 0.417. The van der Waals surface area contributed by atoms with Crippen LogP contribution in [0.4, 0.5) is 4.39 Å². The van der Waals surface area contributed by atoms with Crippen molar-refractivity contribution in [2.45, 2.75) is 23.8 Å². The van der Waals surface area contributed by atoms with E-state index in [-0.39, 0.29) is 16.4 Å². The number of benzene rings is 1. The van der Waals surface area contributed by atoms with Gasteiger partial charge in [-0.3, -0.25) is 0 Å². The first-order valence-electron chi connectivity index (χ1n) is 5.35. The Morgan fingerprint density at radius 3 is 3.06 bits per heavy atom. The average molecular weight is 316 g/mol. The minimum atomic E-state index is -0.355. The van der Waals surface area contributed by atoms with Crippen molar-refractivity contribution in [3.05, 3.63) is 28.0 Å². The number of nitriles is 1. The normalized spacial score (nSPS) is 19.2. The molecule has 2 nitrogen and oxygen atoms in total. The molecular weight excluding hydrogens is 305 g/mol. The monoisotopic (exact) mass is 315 g/mol. The molecule has 1 aromatic carbocycles. The van der Waals surface area contributed by atoms with E-state index in [2.05, 4.69) is 15.9 Å². The van der Waals surface area contributed by atoms with Crippen LogP contribution in [-0.2, 0) is 4.74 Å². The quantitative estimate of drug-likeness (QED) is 0.797. The van der Waals surface area contributed by atoms with Gasteiger partial charge >= 0.3 is 0 Å². The zero-order valence-corrected chi connectivity index (χ0v) is 11.5. The van der Waals surface area contributed by atoms with Crippen LogP contribution in [0.25, 0.3) is 0 Å². The van der Waals surface area contributed by atoms with Crippen molar-refractivity contribution in [3.8, 4) is 6.07 Å². The Morgan fingerprint density at radius 2 is 2.41 bits per heavy atom. The fourth-order valence-electron chi connectivity index (χ4n) is 1.69. The van der Waals surface area contributed by atoms with Crippen LogP contribution >= 0.6 is 27.7 Å². The van der Waals surface area contributed by atoms with Crippen LogP contribution in [0.2, 0.25) is 0 Å². The van der Waals surface area contributed by atoms with Gasteiger partial charge in [-0.25, -0.2) is 4.39 Å². The number of halogens is 2. The third kappa shape index (κ3) is 3.01. The Hall–Kier alpha value is -0.570. The summed E-state index contributed by atoms with van der Waals surface area (Å²) in [5.74, 6) is 0.405. The van der Waals surface area contributed by atoms with Crippen LogP contribution in [0.3, 0.4) is 0 Å². The topological polar surface area (TPSA) is 33.0 Å². The molecule has 0 radical (unpaired) electrons. The van der Waals surface area contributed by atoms with Crippen molar-refractivity contribution in [2.75, 3.05) is 12.4 Å². The van der Waals surface area contributed by atoms with Crippen molar-refractivity contribution in [2.24, 2.45) is 0 Å². The van der Waals surface area contributed by atoms with E-state index in [1.807, 2.05) is 6.07 Å². The summed E-state index contributed by atoms with van der Waals surface area (Å²) < 4.78 is 19.6. The van der Waals surface area contributed by atoms with Crippen molar-refractivity contribution in [1.82, 2.24) is 0 Å². The van der Waals surface area contributed by atoms with Gasteiger partial charge in [-0.1, -0.05) is 0 Å². The highest BCUT2D eigenvalue weighted by Gasteiger charge is 2.17. The molecule has 0 aliphatic carbocycles. The first-order chi connectivity index (χ1) is 8.22. The minimum Gasteiger partial charge on any atom is -0.377 e. The zero-order valence-electron chi connectivity index (χ0n) is 9.08. The third-order valence-electron chi connectivity index (χ3n) is 2.62. The Morgan fingerprint density at radius 1 is 1.59 bits per heavy atom. The van der Waals surface area contributed by atoms with Gasteiger partial charge in [-0.2, -0.15) is 5.26 Å². The maximum Gasteiger partial charge on any atom is 0.152 e. The van der Waals surface area contributed by atoms with Gasteiger partial charge in [0.15, 0.2) is 5.82 Å². The molecule has 2 rings (SSSR count). The van der Waals surface area contributed by atoms with E-state index in [9.17, 15) is 4.39 Å². The molecule has 1 aromatic rings. The fourth-order valence-corrected chi connectivity index (χ4v) is 3.28. The van der Waals surface area contributed by atoms with Gasteiger partial charge in [-0.05, 0) is 40.9 Å². The van der Waals surface area contributed by atoms with Gasteiger partial charge < -0.3 is 4.74 Å². The lowest BCUT2D eigenvalue weighted by molar-refractivity contribution is 0.129. The summed E-state index contributed by atoms with van der Waals surface area (Å²) in [5, 5.41) is 8.76. The molecular formula is C12H11BrFNOS. The largest absolute Gasteiger partial charge is 0.377 e. The molecule has 1 aliphatic heterocycles. The maximum absolute atomic E-state index is 13.9. The minimum absolute atomic E-state index is 0.230. The molecule has 1 atom stereocenters. The highest BCUT2D eigenvalue weighted by atomic mass is 79.9. The van der Waals surface area contributed by atoms with E-state index in [0.29, 0.717) is 10.5 Å². The number of hydrogen-bond donors (Lipinski definition) is 0. The molecule has 0 bridgehead atoms. The van der Waals surface area contributed by atoms with Gasteiger partial charge in [0.05, 0.1) is 16.1 Å². The lowest BCUT2D eigenvalue weighted by atomic mass is 10.2. The highest BCUT2D eigenvalue weighted by Crippen LogP contribution is 2.31. The molecule has 0 amide bonds.